The lowest BCUT2D eigenvalue weighted by molar-refractivity contribution is -0.0494. The summed E-state index contributed by atoms with van der Waals surface area (Å²) in [6.07, 6.45) is 0. The van der Waals surface area contributed by atoms with Crippen LogP contribution in [0.2, 0.25) is 0 Å². The van der Waals surface area contributed by atoms with E-state index < -0.39 is 12.6 Å². The second-order valence-corrected chi connectivity index (χ2v) is 3.93. The number of methoxy groups -OCH3 is 1. The van der Waals surface area contributed by atoms with Crippen molar-refractivity contribution in [2.24, 2.45) is 0 Å². The molecule has 2 aromatic rings. The van der Waals surface area contributed by atoms with Crippen LogP contribution in [0, 0.1) is 6.92 Å². The molecule has 0 spiro atoms. The molecule has 106 valence electrons. The first kappa shape index (κ1) is 14.0. The van der Waals surface area contributed by atoms with E-state index >= 15 is 0 Å². The summed E-state index contributed by atoms with van der Waals surface area (Å²) in [4.78, 5) is 18.4. The number of hydrogen-bond acceptors (Lipinski definition) is 4. The number of benzene rings is 1. The number of imidazole rings is 1. The minimum absolute atomic E-state index is 0.0207. The van der Waals surface area contributed by atoms with E-state index in [0.717, 1.165) is 0 Å². The quantitative estimate of drug-likeness (QED) is 0.876. The standard InChI is InChI=1S/C13H12F2N2O3/c1-7-10(12(18)19-2)17-11(16-7)8-5-3-4-6-9(8)20-13(14)15/h3-6,13H,1-2H3,(H,16,17). The molecule has 2 rings (SSSR count). The number of rotatable bonds is 4. The molecule has 0 bridgehead atoms. The van der Waals surface area contributed by atoms with Gasteiger partial charge in [0.05, 0.1) is 12.7 Å². The van der Waals surface area contributed by atoms with Crippen molar-refractivity contribution in [1.29, 1.82) is 0 Å². The van der Waals surface area contributed by atoms with E-state index in [1.807, 2.05) is 0 Å². The molecule has 0 aliphatic rings. The van der Waals surface area contributed by atoms with Crippen LogP contribution in [0.4, 0.5) is 8.78 Å². The second kappa shape index (κ2) is 5.68. The predicted octanol–water partition coefficient (Wildman–Crippen LogP) is 2.77. The Morgan fingerprint density at radius 1 is 1.35 bits per heavy atom. The number of aromatic nitrogens is 2. The van der Waals surface area contributed by atoms with Crippen molar-refractivity contribution in [3.05, 3.63) is 35.7 Å². The number of aryl methyl sites for hydroxylation is 1. The molecule has 1 N–H and O–H groups in total. The summed E-state index contributed by atoms with van der Waals surface area (Å²) in [5, 5.41) is 0. The smallest absolute Gasteiger partial charge is 0.387 e. The van der Waals surface area contributed by atoms with Crippen LogP contribution in [-0.2, 0) is 4.74 Å². The molecule has 0 radical (unpaired) electrons. The van der Waals surface area contributed by atoms with Gasteiger partial charge in [-0.3, -0.25) is 0 Å². The molecule has 1 heterocycles. The molecule has 0 aliphatic heterocycles. The van der Waals surface area contributed by atoms with Gasteiger partial charge in [0, 0.05) is 5.69 Å². The van der Waals surface area contributed by atoms with Crippen LogP contribution < -0.4 is 4.74 Å². The van der Waals surface area contributed by atoms with Gasteiger partial charge < -0.3 is 14.5 Å². The Labute approximate surface area is 113 Å². The number of ether oxygens (including phenoxy) is 2. The Balaban J connectivity index is 2.44. The number of hydrogen-bond donors (Lipinski definition) is 1. The summed E-state index contributed by atoms with van der Waals surface area (Å²) in [6, 6.07) is 6.19. The fourth-order valence-corrected chi connectivity index (χ4v) is 1.74. The Morgan fingerprint density at radius 3 is 2.70 bits per heavy atom. The summed E-state index contributed by atoms with van der Waals surface area (Å²) in [5.41, 5.74) is 0.930. The fourth-order valence-electron chi connectivity index (χ4n) is 1.74. The Morgan fingerprint density at radius 2 is 2.05 bits per heavy atom. The lowest BCUT2D eigenvalue weighted by Crippen LogP contribution is -2.04. The topological polar surface area (TPSA) is 64.2 Å². The van der Waals surface area contributed by atoms with Crippen molar-refractivity contribution < 1.29 is 23.0 Å². The van der Waals surface area contributed by atoms with Gasteiger partial charge in [-0.1, -0.05) is 12.1 Å². The van der Waals surface area contributed by atoms with Crippen molar-refractivity contribution in [3.63, 3.8) is 0 Å². The first-order valence-electron chi connectivity index (χ1n) is 5.72. The molecule has 0 fully saturated rings. The van der Waals surface area contributed by atoms with Crippen molar-refractivity contribution in [2.45, 2.75) is 13.5 Å². The molecule has 20 heavy (non-hydrogen) atoms. The largest absolute Gasteiger partial charge is 0.464 e. The van der Waals surface area contributed by atoms with Crippen molar-refractivity contribution in [1.82, 2.24) is 9.97 Å². The van der Waals surface area contributed by atoms with Gasteiger partial charge >= 0.3 is 12.6 Å². The number of carbonyl (C=O) groups is 1. The van der Waals surface area contributed by atoms with E-state index in [-0.39, 0.29) is 17.3 Å². The summed E-state index contributed by atoms with van der Waals surface area (Å²) in [6.45, 7) is -1.30. The number of carbonyl (C=O) groups excluding carboxylic acids is 1. The van der Waals surface area contributed by atoms with Crippen LogP contribution in [0.25, 0.3) is 11.4 Å². The van der Waals surface area contributed by atoms with Gasteiger partial charge in [0.25, 0.3) is 0 Å². The van der Waals surface area contributed by atoms with Crippen LogP contribution in [0.1, 0.15) is 16.2 Å². The third kappa shape index (κ3) is 2.76. The summed E-state index contributed by atoms with van der Waals surface area (Å²) in [7, 11) is 1.24. The molecule has 0 amide bonds. The number of H-pyrrole nitrogens is 1. The van der Waals surface area contributed by atoms with Crippen LogP contribution in [0.5, 0.6) is 5.75 Å². The lowest BCUT2D eigenvalue weighted by Gasteiger charge is -2.08. The molecule has 1 aromatic heterocycles. The summed E-state index contributed by atoms with van der Waals surface area (Å²) < 4.78 is 33.7. The van der Waals surface area contributed by atoms with E-state index in [1.54, 1.807) is 25.1 Å². The zero-order chi connectivity index (χ0) is 14.7. The zero-order valence-corrected chi connectivity index (χ0v) is 10.8. The average molecular weight is 282 g/mol. The van der Waals surface area contributed by atoms with Crippen LogP contribution in [0.3, 0.4) is 0 Å². The fraction of sp³-hybridized carbons (Fsp3) is 0.231. The second-order valence-electron chi connectivity index (χ2n) is 3.93. The number of aromatic amines is 1. The van der Waals surface area contributed by atoms with Crippen LogP contribution >= 0.6 is 0 Å². The highest BCUT2D eigenvalue weighted by molar-refractivity contribution is 5.89. The van der Waals surface area contributed by atoms with Gasteiger partial charge in [-0.2, -0.15) is 8.78 Å². The Bertz CT molecular complexity index is 626. The summed E-state index contributed by atoms with van der Waals surface area (Å²) in [5.74, 6) is -0.357. The molecular formula is C13H12F2N2O3. The maximum absolute atomic E-state index is 12.4. The van der Waals surface area contributed by atoms with Gasteiger partial charge in [0.1, 0.15) is 11.6 Å². The highest BCUT2D eigenvalue weighted by Crippen LogP contribution is 2.29. The number of para-hydroxylation sites is 1. The molecule has 1 aromatic carbocycles. The monoisotopic (exact) mass is 282 g/mol. The third-order valence-electron chi connectivity index (χ3n) is 2.62. The van der Waals surface area contributed by atoms with Gasteiger partial charge in [0.15, 0.2) is 5.69 Å². The normalized spacial score (nSPS) is 10.7. The van der Waals surface area contributed by atoms with Crippen molar-refractivity contribution in [3.8, 4) is 17.1 Å². The molecule has 0 aliphatic carbocycles. The maximum Gasteiger partial charge on any atom is 0.387 e. The number of nitrogens with zero attached hydrogens (tertiary/aromatic N) is 1. The van der Waals surface area contributed by atoms with Crippen LogP contribution in [0.15, 0.2) is 24.3 Å². The Hall–Kier alpha value is -2.44. The van der Waals surface area contributed by atoms with E-state index in [4.69, 9.17) is 0 Å². The number of halogens is 2. The Kier molecular flexibility index (Phi) is 3.97. The highest BCUT2D eigenvalue weighted by Gasteiger charge is 2.19. The van der Waals surface area contributed by atoms with Crippen molar-refractivity contribution >= 4 is 5.97 Å². The van der Waals surface area contributed by atoms with Gasteiger partial charge in [0.2, 0.25) is 0 Å². The van der Waals surface area contributed by atoms with E-state index in [1.165, 1.54) is 13.2 Å². The predicted molar refractivity (Wildman–Crippen MR) is 66.7 cm³/mol. The minimum Gasteiger partial charge on any atom is -0.464 e. The van der Waals surface area contributed by atoms with Gasteiger partial charge in [-0.05, 0) is 19.1 Å². The van der Waals surface area contributed by atoms with Gasteiger partial charge in [-0.15, -0.1) is 0 Å². The summed E-state index contributed by atoms with van der Waals surface area (Å²) >= 11 is 0. The zero-order valence-electron chi connectivity index (χ0n) is 10.8. The highest BCUT2D eigenvalue weighted by atomic mass is 19.3. The SMILES string of the molecule is COC(=O)c1nc(-c2ccccc2OC(F)F)[nH]c1C. The van der Waals surface area contributed by atoms with E-state index in [0.29, 0.717) is 11.3 Å². The number of alkyl halides is 2. The van der Waals surface area contributed by atoms with E-state index in [2.05, 4.69) is 19.4 Å². The molecular weight excluding hydrogens is 270 g/mol. The van der Waals surface area contributed by atoms with Gasteiger partial charge in [-0.25, -0.2) is 9.78 Å². The van der Waals surface area contributed by atoms with Crippen molar-refractivity contribution in [2.75, 3.05) is 7.11 Å². The molecule has 0 unspecified atom stereocenters. The minimum atomic E-state index is -2.94. The molecule has 0 atom stereocenters. The molecule has 0 saturated heterocycles. The molecule has 7 heteroatoms. The average Bonchev–Trinajstić information content (AvgIpc) is 2.80. The van der Waals surface area contributed by atoms with E-state index in [9.17, 15) is 13.6 Å². The number of nitrogens with one attached hydrogen (secondary N) is 1. The number of esters is 1. The first-order chi connectivity index (χ1) is 9.52. The molecule has 5 nitrogen and oxygen atoms in total. The maximum atomic E-state index is 12.4. The van der Waals surface area contributed by atoms with Crippen LogP contribution in [-0.4, -0.2) is 29.7 Å². The first-order valence-corrected chi connectivity index (χ1v) is 5.72. The molecule has 0 saturated carbocycles. The third-order valence-corrected chi connectivity index (χ3v) is 2.62. The lowest BCUT2D eigenvalue weighted by atomic mass is 10.2.